The second-order valence-electron chi connectivity index (χ2n) is 7.37. The lowest BCUT2D eigenvalue weighted by molar-refractivity contribution is 0.182. The summed E-state index contributed by atoms with van der Waals surface area (Å²) in [7, 11) is 0.509. The lowest BCUT2D eigenvalue weighted by Gasteiger charge is -2.24. The van der Waals surface area contributed by atoms with E-state index in [1.165, 1.54) is 0 Å². The summed E-state index contributed by atoms with van der Waals surface area (Å²) in [6, 6.07) is 13.8. The number of hydrogen-bond donors (Lipinski definition) is 0. The van der Waals surface area contributed by atoms with Crippen molar-refractivity contribution in [2.45, 2.75) is 56.8 Å². The monoisotopic (exact) mass is 360 g/mol. The van der Waals surface area contributed by atoms with Crippen molar-refractivity contribution in [3.63, 3.8) is 0 Å². The number of hydrogen-bond acceptors (Lipinski definition) is 3. The molecule has 0 spiro atoms. The van der Waals surface area contributed by atoms with Gasteiger partial charge in [-0.05, 0) is 17.5 Å². The standard InChI is InChI=1S/C21H28O3S/c1-15(2)25(22)19-13-9-10-16(14-23-6)20(19)24-18-12-8-7-11-17(18)21(3,4)5/h7-13,15H,14H2,1-6H3. The summed E-state index contributed by atoms with van der Waals surface area (Å²) in [4.78, 5) is 0.716. The molecule has 0 fully saturated rings. The molecule has 0 radical (unpaired) electrons. The fourth-order valence-corrected chi connectivity index (χ4v) is 3.72. The Kier molecular flexibility index (Phi) is 6.42. The number of ether oxygens (including phenoxy) is 2. The fraction of sp³-hybridized carbons (Fsp3) is 0.429. The molecule has 25 heavy (non-hydrogen) atoms. The van der Waals surface area contributed by atoms with E-state index >= 15 is 0 Å². The number of benzene rings is 2. The predicted octanol–water partition coefficient (Wildman–Crippen LogP) is 5.44. The van der Waals surface area contributed by atoms with E-state index in [9.17, 15) is 4.21 Å². The minimum Gasteiger partial charge on any atom is -0.455 e. The Bertz CT molecular complexity index is 745. The number of rotatable bonds is 6. The highest BCUT2D eigenvalue weighted by atomic mass is 32.2. The van der Waals surface area contributed by atoms with Crippen molar-refractivity contribution in [1.82, 2.24) is 0 Å². The third kappa shape index (κ3) is 4.71. The maximum Gasteiger partial charge on any atom is 0.149 e. The van der Waals surface area contributed by atoms with Gasteiger partial charge < -0.3 is 9.47 Å². The van der Waals surface area contributed by atoms with Gasteiger partial charge in [0.15, 0.2) is 0 Å². The van der Waals surface area contributed by atoms with Crippen LogP contribution in [0.15, 0.2) is 47.4 Å². The van der Waals surface area contributed by atoms with Gasteiger partial charge in [-0.25, -0.2) is 0 Å². The van der Waals surface area contributed by atoms with Crippen molar-refractivity contribution in [1.29, 1.82) is 0 Å². The van der Waals surface area contributed by atoms with E-state index in [1.54, 1.807) is 7.11 Å². The summed E-state index contributed by atoms with van der Waals surface area (Å²) in [5.41, 5.74) is 1.96. The molecule has 0 saturated heterocycles. The van der Waals surface area contributed by atoms with Crippen molar-refractivity contribution in [2.24, 2.45) is 0 Å². The number of methoxy groups -OCH3 is 1. The molecule has 1 atom stereocenters. The van der Waals surface area contributed by atoms with E-state index in [0.717, 1.165) is 16.9 Å². The Hall–Kier alpha value is -1.65. The Morgan fingerprint density at radius 2 is 1.72 bits per heavy atom. The van der Waals surface area contributed by atoms with Crippen molar-refractivity contribution >= 4 is 10.8 Å². The molecule has 0 aliphatic rings. The molecule has 4 heteroatoms. The van der Waals surface area contributed by atoms with Crippen LogP contribution in [-0.4, -0.2) is 16.6 Å². The van der Waals surface area contributed by atoms with E-state index < -0.39 is 10.8 Å². The van der Waals surface area contributed by atoms with Crippen LogP contribution in [0.25, 0.3) is 0 Å². The molecule has 2 rings (SSSR count). The zero-order valence-corrected chi connectivity index (χ0v) is 16.8. The molecule has 0 aliphatic carbocycles. The highest BCUT2D eigenvalue weighted by molar-refractivity contribution is 7.85. The second kappa shape index (κ2) is 8.15. The molecule has 0 amide bonds. The number of para-hydroxylation sites is 2. The van der Waals surface area contributed by atoms with E-state index in [0.29, 0.717) is 17.3 Å². The summed E-state index contributed by atoms with van der Waals surface area (Å²) < 4.78 is 24.5. The van der Waals surface area contributed by atoms with E-state index in [1.807, 2.05) is 50.2 Å². The maximum atomic E-state index is 12.8. The normalized spacial score (nSPS) is 13.1. The smallest absolute Gasteiger partial charge is 0.149 e. The van der Waals surface area contributed by atoms with Crippen molar-refractivity contribution in [3.8, 4) is 11.5 Å². The zero-order valence-electron chi connectivity index (χ0n) is 16.0. The van der Waals surface area contributed by atoms with Crippen LogP contribution in [-0.2, 0) is 27.6 Å². The van der Waals surface area contributed by atoms with Crippen LogP contribution in [0, 0.1) is 0 Å². The van der Waals surface area contributed by atoms with Crippen molar-refractivity contribution in [2.75, 3.05) is 7.11 Å². The van der Waals surface area contributed by atoms with Crippen molar-refractivity contribution in [3.05, 3.63) is 53.6 Å². The van der Waals surface area contributed by atoms with Crippen molar-refractivity contribution < 1.29 is 13.7 Å². The molecule has 3 nitrogen and oxygen atoms in total. The largest absolute Gasteiger partial charge is 0.455 e. The molecular weight excluding hydrogens is 332 g/mol. The SMILES string of the molecule is COCc1cccc(S(=O)C(C)C)c1Oc1ccccc1C(C)(C)C. The molecule has 0 N–H and O–H groups in total. The fourth-order valence-electron chi connectivity index (χ4n) is 2.64. The summed E-state index contributed by atoms with van der Waals surface area (Å²) >= 11 is 0. The van der Waals surface area contributed by atoms with Crippen LogP contribution in [0.5, 0.6) is 11.5 Å². The second-order valence-corrected chi connectivity index (χ2v) is 9.35. The van der Waals surface area contributed by atoms with Crippen LogP contribution in [0.1, 0.15) is 45.7 Å². The Morgan fingerprint density at radius 1 is 1.04 bits per heavy atom. The minimum absolute atomic E-state index is 0.0120. The van der Waals surface area contributed by atoms with E-state index in [-0.39, 0.29) is 10.7 Å². The van der Waals surface area contributed by atoms with Gasteiger partial charge in [-0.3, -0.25) is 4.21 Å². The van der Waals surface area contributed by atoms with Gasteiger partial charge in [0.1, 0.15) is 11.5 Å². The highest BCUT2D eigenvalue weighted by Crippen LogP contribution is 2.38. The minimum atomic E-state index is -1.14. The molecular formula is C21H28O3S. The molecule has 2 aromatic rings. The van der Waals surface area contributed by atoms with E-state index in [4.69, 9.17) is 9.47 Å². The molecule has 0 heterocycles. The average molecular weight is 361 g/mol. The molecule has 0 aromatic heterocycles. The van der Waals surface area contributed by atoms with Gasteiger partial charge in [0.25, 0.3) is 0 Å². The molecule has 2 aromatic carbocycles. The molecule has 1 unspecified atom stereocenters. The Balaban J connectivity index is 2.57. The topological polar surface area (TPSA) is 35.5 Å². The van der Waals surface area contributed by atoms with Crippen LogP contribution >= 0.6 is 0 Å². The maximum absolute atomic E-state index is 12.8. The molecule has 0 bridgehead atoms. The Labute approximate surface area is 153 Å². The quantitative estimate of drug-likeness (QED) is 0.688. The van der Waals surface area contributed by atoms with Gasteiger partial charge in [-0.15, -0.1) is 0 Å². The van der Waals surface area contributed by atoms with E-state index in [2.05, 4.69) is 26.8 Å². The van der Waals surface area contributed by atoms with Crippen LogP contribution < -0.4 is 4.74 Å². The van der Waals surface area contributed by atoms with Crippen LogP contribution in [0.4, 0.5) is 0 Å². The van der Waals surface area contributed by atoms with Gasteiger partial charge in [0.2, 0.25) is 0 Å². The highest BCUT2D eigenvalue weighted by Gasteiger charge is 2.22. The van der Waals surface area contributed by atoms with Crippen LogP contribution in [0.3, 0.4) is 0 Å². The van der Waals surface area contributed by atoms with Crippen LogP contribution in [0.2, 0.25) is 0 Å². The molecule has 0 aliphatic heterocycles. The molecule has 0 saturated carbocycles. The summed E-state index contributed by atoms with van der Waals surface area (Å²) in [5.74, 6) is 1.44. The third-order valence-electron chi connectivity index (χ3n) is 3.91. The zero-order chi connectivity index (χ0) is 18.6. The van der Waals surface area contributed by atoms with Gasteiger partial charge in [0.05, 0.1) is 22.3 Å². The lowest BCUT2D eigenvalue weighted by atomic mass is 9.86. The molecule has 136 valence electrons. The predicted molar refractivity (Wildman–Crippen MR) is 104 cm³/mol. The van der Waals surface area contributed by atoms with Gasteiger partial charge >= 0.3 is 0 Å². The summed E-state index contributed by atoms with van der Waals surface area (Å²) in [5, 5.41) is 0.0120. The summed E-state index contributed by atoms with van der Waals surface area (Å²) in [6.07, 6.45) is 0. The first kappa shape index (κ1) is 19.7. The Morgan fingerprint density at radius 3 is 2.32 bits per heavy atom. The van der Waals surface area contributed by atoms with Gasteiger partial charge in [-0.2, -0.15) is 0 Å². The average Bonchev–Trinajstić information content (AvgIpc) is 2.55. The van der Waals surface area contributed by atoms with Gasteiger partial charge in [0, 0.05) is 23.5 Å². The first-order valence-corrected chi connectivity index (χ1v) is 9.75. The first-order valence-electron chi connectivity index (χ1n) is 8.54. The lowest BCUT2D eigenvalue weighted by Crippen LogP contribution is -2.13. The van der Waals surface area contributed by atoms with Gasteiger partial charge in [-0.1, -0.05) is 65.0 Å². The first-order chi connectivity index (χ1) is 11.8. The summed E-state index contributed by atoms with van der Waals surface area (Å²) in [6.45, 7) is 10.8. The third-order valence-corrected chi connectivity index (χ3v) is 5.52.